The molecule has 0 saturated carbocycles. The normalized spacial score (nSPS) is 13.5. The zero-order chi connectivity index (χ0) is 16.4. The number of nitrogens with one attached hydrogen (secondary N) is 1. The van der Waals surface area contributed by atoms with Crippen molar-refractivity contribution in [1.29, 1.82) is 5.26 Å². The van der Waals surface area contributed by atoms with Crippen molar-refractivity contribution in [1.82, 2.24) is 4.98 Å². The molecular weight excluding hydrogens is 322 g/mol. The molecule has 0 saturated heterocycles. The highest BCUT2D eigenvalue weighted by molar-refractivity contribution is 7.19. The molecule has 118 valence electrons. The van der Waals surface area contributed by atoms with Gasteiger partial charge in [0.25, 0.3) is 0 Å². The maximum Gasteiger partial charge on any atom is 0.163 e. The molecule has 0 aliphatic carbocycles. The van der Waals surface area contributed by atoms with Gasteiger partial charge in [0.1, 0.15) is 29.9 Å². The summed E-state index contributed by atoms with van der Waals surface area (Å²) in [5.74, 6) is 1.45. The van der Waals surface area contributed by atoms with Crippen molar-refractivity contribution in [3.63, 3.8) is 0 Å². The molecule has 1 aliphatic rings. The predicted molar refractivity (Wildman–Crippen MR) is 94.3 cm³/mol. The Kier molecular flexibility index (Phi) is 3.77. The summed E-state index contributed by atoms with van der Waals surface area (Å²) in [6.45, 7) is 1.11. The number of allylic oxidation sites excluding steroid dienone is 1. The minimum absolute atomic E-state index is 0.492. The van der Waals surface area contributed by atoms with Gasteiger partial charge >= 0.3 is 0 Å². The van der Waals surface area contributed by atoms with Crippen LogP contribution in [0.25, 0.3) is 15.8 Å². The van der Waals surface area contributed by atoms with Crippen molar-refractivity contribution in [3.8, 4) is 17.6 Å². The predicted octanol–water partition coefficient (Wildman–Crippen LogP) is 4.04. The van der Waals surface area contributed by atoms with E-state index >= 15 is 0 Å². The van der Waals surface area contributed by atoms with Gasteiger partial charge in [0.05, 0.1) is 10.2 Å². The zero-order valence-corrected chi connectivity index (χ0v) is 13.5. The molecule has 3 aromatic rings. The Bertz CT molecular complexity index is 939. The Balaban J connectivity index is 1.60. The summed E-state index contributed by atoms with van der Waals surface area (Å²) in [5.41, 5.74) is 2.22. The minimum Gasteiger partial charge on any atom is -0.486 e. The molecule has 0 amide bonds. The van der Waals surface area contributed by atoms with Gasteiger partial charge in [-0.15, -0.1) is 11.3 Å². The van der Waals surface area contributed by atoms with Crippen molar-refractivity contribution in [2.24, 2.45) is 0 Å². The highest BCUT2D eigenvalue weighted by Gasteiger charge is 2.12. The Morgan fingerprint density at radius 2 is 2.00 bits per heavy atom. The first-order chi connectivity index (χ1) is 11.8. The fraction of sp³-hybridized carbons (Fsp3) is 0.111. The summed E-state index contributed by atoms with van der Waals surface area (Å²) in [5, 5.41) is 13.3. The van der Waals surface area contributed by atoms with Crippen molar-refractivity contribution in [2.45, 2.75) is 0 Å². The first kappa shape index (κ1) is 14.5. The fourth-order valence-corrected chi connectivity index (χ4v) is 3.35. The Hall–Kier alpha value is -3.04. The van der Waals surface area contributed by atoms with Gasteiger partial charge in [0, 0.05) is 18.0 Å². The summed E-state index contributed by atoms with van der Waals surface area (Å²) in [6.07, 6.45) is 1.67. The number of ether oxygens (including phenoxy) is 2. The molecule has 2 heterocycles. The van der Waals surface area contributed by atoms with Gasteiger partial charge in [-0.3, -0.25) is 0 Å². The average Bonchev–Trinajstić information content (AvgIpc) is 3.06. The minimum atomic E-state index is 0.492. The van der Waals surface area contributed by atoms with Gasteiger partial charge in [0.15, 0.2) is 11.5 Å². The van der Waals surface area contributed by atoms with E-state index in [2.05, 4.69) is 16.4 Å². The van der Waals surface area contributed by atoms with E-state index in [4.69, 9.17) is 9.47 Å². The topological polar surface area (TPSA) is 67.2 Å². The molecule has 4 rings (SSSR count). The second-order valence-corrected chi connectivity index (χ2v) is 6.19. The highest BCUT2D eigenvalue weighted by Crippen LogP contribution is 2.33. The van der Waals surface area contributed by atoms with Crippen LogP contribution in [0.5, 0.6) is 11.5 Å². The van der Waals surface area contributed by atoms with Crippen molar-refractivity contribution in [3.05, 3.63) is 53.7 Å². The van der Waals surface area contributed by atoms with Gasteiger partial charge in [-0.2, -0.15) is 5.26 Å². The lowest BCUT2D eigenvalue weighted by Gasteiger charge is -2.18. The van der Waals surface area contributed by atoms with E-state index in [1.807, 2.05) is 42.5 Å². The molecule has 1 aromatic heterocycles. The van der Waals surface area contributed by atoms with E-state index in [-0.39, 0.29) is 0 Å². The molecule has 0 radical (unpaired) electrons. The van der Waals surface area contributed by atoms with E-state index in [0.29, 0.717) is 29.5 Å². The van der Waals surface area contributed by atoms with E-state index < -0.39 is 0 Å². The first-order valence-corrected chi connectivity index (χ1v) is 8.27. The van der Waals surface area contributed by atoms with Gasteiger partial charge in [0.2, 0.25) is 0 Å². The van der Waals surface area contributed by atoms with Gasteiger partial charge in [-0.25, -0.2) is 4.98 Å². The first-order valence-electron chi connectivity index (χ1n) is 7.46. The molecule has 0 atom stereocenters. The number of para-hydroxylation sites is 1. The van der Waals surface area contributed by atoms with Crippen LogP contribution in [0.4, 0.5) is 5.69 Å². The van der Waals surface area contributed by atoms with Crippen LogP contribution < -0.4 is 14.8 Å². The van der Waals surface area contributed by atoms with Crippen molar-refractivity contribution >= 4 is 32.8 Å². The standard InChI is InChI=1S/C18H13N3O2S/c19-10-12(18-21-14-3-1-2-4-17(14)24-18)11-20-13-5-6-15-16(9-13)23-8-7-22-15/h1-6,9,11,20H,7-8H2/b12-11-. The largest absolute Gasteiger partial charge is 0.486 e. The number of nitriles is 1. The van der Waals surface area contributed by atoms with Crippen LogP contribution >= 0.6 is 11.3 Å². The summed E-state index contributed by atoms with van der Waals surface area (Å²) >= 11 is 1.50. The number of aromatic nitrogens is 1. The maximum atomic E-state index is 9.44. The molecule has 0 unspecified atom stereocenters. The third-order valence-electron chi connectivity index (χ3n) is 3.57. The Morgan fingerprint density at radius 1 is 1.17 bits per heavy atom. The molecular formula is C18H13N3O2S. The third-order valence-corrected chi connectivity index (χ3v) is 4.64. The molecule has 5 nitrogen and oxygen atoms in total. The summed E-state index contributed by atoms with van der Waals surface area (Å²) < 4.78 is 12.1. The molecule has 0 spiro atoms. The lowest BCUT2D eigenvalue weighted by atomic mass is 10.2. The van der Waals surface area contributed by atoms with Crippen LogP contribution in [-0.2, 0) is 0 Å². The second-order valence-electron chi connectivity index (χ2n) is 5.16. The van der Waals surface area contributed by atoms with E-state index in [1.54, 1.807) is 6.20 Å². The Labute approximate surface area is 142 Å². The maximum absolute atomic E-state index is 9.44. The van der Waals surface area contributed by atoms with Crippen molar-refractivity contribution < 1.29 is 9.47 Å². The SMILES string of the molecule is N#C/C(=C/Nc1ccc2c(c1)OCCO2)c1nc2ccccc2s1. The number of anilines is 1. The van der Waals surface area contributed by atoms with E-state index in [0.717, 1.165) is 21.7 Å². The third kappa shape index (κ3) is 2.77. The van der Waals surface area contributed by atoms with Gasteiger partial charge in [-0.1, -0.05) is 12.1 Å². The molecule has 6 heteroatoms. The van der Waals surface area contributed by atoms with Crippen molar-refractivity contribution in [2.75, 3.05) is 18.5 Å². The molecule has 2 aromatic carbocycles. The molecule has 24 heavy (non-hydrogen) atoms. The number of hydrogen-bond donors (Lipinski definition) is 1. The number of nitrogens with zero attached hydrogens (tertiary/aromatic N) is 2. The van der Waals surface area contributed by atoms with Crippen LogP contribution in [0.2, 0.25) is 0 Å². The Morgan fingerprint density at radius 3 is 2.83 bits per heavy atom. The molecule has 1 aliphatic heterocycles. The lowest BCUT2D eigenvalue weighted by molar-refractivity contribution is 0.171. The summed E-state index contributed by atoms with van der Waals surface area (Å²) in [6, 6.07) is 15.7. The summed E-state index contributed by atoms with van der Waals surface area (Å²) in [4.78, 5) is 4.51. The van der Waals surface area contributed by atoms with Gasteiger partial charge < -0.3 is 14.8 Å². The number of hydrogen-bond acceptors (Lipinski definition) is 6. The molecule has 0 fully saturated rings. The van der Waals surface area contributed by atoms with Gasteiger partial charge in [-0.05, 0) is 24.3 Å². The molecule has 1 N–H and O–H groups in total. The number of thiazole rings is 1. The number of rotatable bonds is 3. The van der Waals surface area contributed by atoms with Crippen LogP contribution in [0.3, 0.4) is 0 Å². The second kappa shape index (κ2) is 6.22. The van der Waals surface area contributed by atoms with E-state index in [1.165, 1.54) is 11.3 Å². The van der Waals surface area contributed by atoms with Crippen LogP contribution in [0, 0.1) is 11.3 Å². The summed E-state index contributed by atoms with van der Waals surface area (Å²) in [7, 11) is 0. The van der Waals surface area contributed by atoms with Crippen LogP contribution in [-0.4, -0.2) is 18.2 Å². The quantitative estimate of drug-likeness (QED) is 0.732. The smallest absolute Gasteiger partial charge is 0.163 e. The van der Waals surface area contributed by atoms with Crippen LogP contribution in [0.1, 0.15) is 5.01 Å². The lowest BCUT2D eigenvalue weighted by Crippen LogP contribution is -2.15. The van der Waals surface area contributed by atoms with E-state index in [9.17, 15) is 5.26 Å². The zero-order valence-electron chi connectivity index (χ0n) is 12.7. The number of benzene rings is 2. The highest BCUT2D eigenvalue weighted by atomic mass is 32.1. The number of fused-ring (bicyclic) bond motifs is 2. The average molecular weight is 335 g/mol. The monoisotopic (exact) mass is 335 g/mol. The fourth-order valence-electron chi connectivity index (χ4n) is 2.42. The van der Waals surface area contributed by atoms with Crippen LogP contribution in [0.15, 0.2) is 48.7 Å². The molecule has 0 bridgehead atoms.